The molecule has 12 rings (SSSR count). The number of rotatable bonds is 7. The van der Waals surface area contributed by atoms with Crippen molar-refractivity contribution in [2.75, 3.05) is 4.90 Å². The van der Waals surface area contributed by atoms with E-state index in [1.54, 1.807) is 0 Å². The number of hydrogen-bond donors (Lipinski definition) is 0. The third-order valence-electron chi connectivity index (χ3n) is 12.5. The quantitative estimate of drug-likeness (QED) is 0.150. The van der Waals surface area contributed by atoms with E-state index in [1.807, 2.05) is 12.1 Å². The van der Waals surface area contributed by atoms with Crippen molar-refractivity contribution in [3.8, 4) is 44.5 Å². The van der Waals surface area contributed by atoms with Gasteiger partial charge in [0.1, 0.15) is 11.2 Å². The van der Waals surface area contributed by atoms with E-state index < -0.39 is 0 Å². The van der Waals surface area contributed by atoms with Gasteiger partial charge in [-0.15, -0.1) is 0 Å². The first-order chi connectivity index (χ1) is 30.7. The van der Waals surface area contributed by atoms with Crippen LogP contribution in [0, 0.1) is 0 Å². The summed E-state index contributed by atoms with van der Waals surface area (Å²) in [6.07, 6.45) is 0. The molecular weight excluding hydrogens is 751 g/mol. The number of benzene rings is 11. The summed E-state index contributed by atoms with van der Waals surface area (Å²) in [6.45, 7) is 0. The van der Waals surface area contributed by atoms with E-state index in [4.69, 9.17) is 4.42 Å². The van der Waals surface area contributed by atoms with Crippen molar-refractivity contribution in [1.82, 2.24) is 0 Å². The number of hydrogen-bond acceptors (Lipinski definition) is 2. The molecule has 0 aliphatic heterocycles. The first-order valence-corrected chi connectivity index (χ1v) is 21.2. The van der Waals surface area contributed by atoms with E-state index in [1.165, 1.54) is 54.6 Å². The van der Waals surface area contributed by atoms with Gasteiger partial charge in [0.05, 0.1) is 5.69 Å². The average Bonchev–Trinajstić information content (AvgIpc) is 3.74. The van der Waals surface area contributed by atoms with Crippen molar-refractivity contribution in [3.63, 3.8) is 0 Å². The van der Waals surface area contributed by atoms with E-state index in [9.17, 15) is 0 Å². The predicted octanol–water partition coefficient (Wildman–Crippen LogP) is 17.2. The molecule has 0 amide bonds. The summed E-state index contributed by atoms with van der Waals surface area (Å²) in [5.41, 5.74) is 14.5. The van der Waals surface area contributed by atoms with Crippen molar-refractivity contribution in [2.24, 2.45) is 0 Å². The second-order valence-corrected chi connectivity index (χ2v) is 16.0. The van der Waals surface area contributed by atoms with Crippen molar-refractivity contribution in [3.05, 3.63) is 237 Å². The van der Waals surface area contributed by atoms with E-state index in [0.29, 0.717) is 0 Å². The molecule has 0 fully saturated rings. The highest BCUT2D eigenvalue weighted by Gasteiger charge is 2.20. The molecule has 0 aliphatic rings. The standard InChI is InChI=1S/C60H39NO/c1-3-19-48-40(14-1)16-12-25-49(48)43-17-11-18-44(38-43)51-21-7-9-27-57(51)61(46-34-30-41(31-35-46)52-26-13-29-59-60(52)55-24-8-10-28-58(55)62-59)47-36-32-42(33-37-47)56-39-45-15-2-4-20-50(45)53-22-5-6-23-54(53)56/h1-39H. The molecule has 0 saturated carbocycles. The molecule has 2 heteroatoms. The van der Waals surface area contributed by atoms with Crippen LogP contribution >= 0.6 is 0 Å². The van der Waals surface area contributed by atoms with Gasteiger partial charge in [-0.2, -0.15) is 0 Å². The Balaban J connectivity index is 1.01. The largest absolute Gasteiger partial charge is 0.456 e. The molecule has 62 heavy (non-hydrogen) atoms. The fraction of sp³-hybridized carbons (Fsp3) is 0. The lowest BCUT2D eigenvalue weighted by atomic mass is 9.93. The Bertz CT molecular complexity index is 3630. The number of anilines is 3. The molecule has 0 saturated heterocycles. The first-order valence-electron chi connectivity index (χ1n) is 21.2. The number of furan rings is 1. The Morgan fingerprint density at radius 3 is 1.58 bits per heavy atom. The van der Waals surface area contributed by atoms with Crippen molar-refractivity contribution < 1.29 is 4.42 Å². The van der Waals surface area contributed by atoms with Gasteiger partial charge in [-0.3, -0.25) is 0 Å². The maximum atomic E-state index is 6.28. The van der Waals surface area contributed by atoms with E-state index >= 15 is 0 Å². The third-order valence-corrected chi connectivity index (χ3v) is 12.5. The predicted molar refractivity (Wildman–Crippen MR) is 263 cm³/mol. The fourth-order valence-corrected chi connectivity index (χ4v) is 9.56. The highest BCUT2D eigenvalue weighted by Crippen LogP contribution is 2.44. The Kier molecular flexibility index (Phi) is 8.53. The van der Waals surface area contributed by atoms with Crippen LogP contribution in [0.2, 0.25) is 0 Å². The topological polar surface area (TPSA) is 16.4 Å². The number of fused-ring (bicyclic) bond motifs is 7. The van der Waals surface area contributed by atoms with Crippen LogP contribution < -0.4 is 4.90 Å². The molecule has 0 atom stereocenters. The minimum atomic E-state index is 0.897. The number of nitrogens with zero attached hydrogens (tertiary/aromatic N) is 1. The van der Waals surface area contributed by atoms with Gasteiger partial charge in [-0.25, -0.2) is 0 Å². The van der Waals surface area contributed by atoms with E-state index in [0.717, 1.165) is 61.3 Å². The lowest BCUT2D eigenvalue weighted by molar-refractivity contribution is 0.669. The van der Waals surface area contributed by atoms with Crippen LogP contribution in [0.25, 0.3) is 98.8 Å². The highest BCUT2D eigenvalue weighted by molar-refractivity contribution is 6.14. The molecule has 11 aromatic carbocycles. The normalized spacial score (nSPS) is 11.5. The Morgan fingerprint density at radius 1 is 0.274 bits per heavy atom. The van der Waals surface area contributed by atoms with Gasteiger partial charge in [-0.05, 0) is 126 Å². The fourth-order valence-electron chi connectivity index (χ4n) is 9.56. The van der Waals surface area contributed by atoms with Crippen LogP contribution in [0.4, 0.5) is 17.1 Å². The first kappa shape index (κ1) is 35.7. The Morgan fingerprint density at radius 2 is 0.790 bits per heavy atom. The van der Waals surface area contributed by atoms with Crippen molar-refractivity contribution >= 4 is 71.3 Å². The van der Waals surface area contributed by atoms with Gasteiger partial charge < -0.3 is 9.32 Å². The van der Waals surface area contributed by atoms with Gasteiger partial charge in [0.25, 0.3) is 0 Å². The van der Waals surface area contributed by atoms with E-state index in [-0.39, 0.29) is 0 Å². The van der Waals surface area contributed by atoms with Crippen LogP contribution in [0.3, 0.4) is 0 Å². The van der Waals surface area contributed by atoms with Crippen LogP contribution in [-0.4, -0.2) is 0 Å². The molecule has 12 aromatic rings. The summed E-state index contributed by atoms with van der Waals surface area (Å²) in [5.74, 6) is 0. The zero-order chi connectivity index (χ0) is 41.0. The molecule has 290 valence electrons. The van der Waals surface area contributed by atoms with Crippen LogP contribution in [0.15, 0.2) is 241 Å². The molecular formula is C60H39NO. The summed E-state index contributed by atoms with van der Waals surface area (Å²) >= 11 is 0. The van der Waals surface area contributed by atoms with Crippen molar-refractivity contribution in [2.45, 2.75) is 0 Å². The molecule has 0 bridgehead atoms. The summed E-state index contributed by atoms with van der Waals surface area (Å²) < 4.78 is 6.28. The summed E-state index contributed by atoms with van der Waals surface area (Å²) in [4.78, 5) is 2.40. The van der Waals surface area contributed by atoms with Gasteiger partial charge >= 0.3 is 0 Å². The molecule has 0 unspecified atom stereocenters. The second-order valence-electron chi connectivity index (χ2n) is 16.0. The minimum absolute atomic E-state index is 0.897. The Labute approximate surface area is 360 Å². The monoisotopic (exact) mass is 789 g/mol. The van der Waals surface area contributed by atoms with Gasteiger partial charge in [-0.1, -0.05) is 182 Å². The maximum absolute atomic E-state index is 6.28. The molecule has 0 aliphatic carbocycles. The zero-order valence-electron chi connectivity index (χ0n) is 33.9. The van der Waals surface area contributed by atoms with Crippen LogP contribution in [0.5, 0.6) is 0 Å². The summed E-state index contributed by atoms with van der Waals surface area (Å²) in [7, 11) is 0. The van der Waals surface area contributed by atoms with Gasteiger partial charge in [0.2, 0.25) is 0 Å². The second kappa shape index (κ2) is 14.8. The van der Waals surface area contributed by atoms with Crippen LogP contribution in [0.1, 0.15) is 0 Å². The Hall–Kier alpha value is -8.20. The molecule has 0 radical (unpaired) electrons. The lowest BCUT2D eigenvalue weighted by Gasteiger charge is -2.28. The molecule has 2 nitrogen and oxygen atoms in total. The smallest absolute Gasteiger partial charge is 0.136 e. The maximum Gasteiger partial charge on any atom is 0.136 e. The van der Waals surface area contributed by atoms with Crippen LogP contribution in [-0.2, 0) is 0 Å². The minimum Gasteiger partial charge on any atom is -0.456 e. The molecule has 0 spiro atoms. The third kappa shape index (κ3) is 6.04. The lowest BCUT2D eigenvalue weighted by Crippen LogP contribution is -2.11. The van der Waals surface area contributed by atoms with Gasteiger partial charge in [0.15, 0.2) is 0 Å². The average molecular weight is 790 g/mol. The molecule has 1 heterocycles. The summed E-state index contributed by atoms with van der Waals surface area (Å²) in [5, 5.41) is 9.79. The zero-order valence-corrected chi connectivity index (χ0v) is 33.9. The highest BCUT2D eigenvalue weighted by atomic mass is 16.3. The number of para-hydroxylation sites is 2. The molecule has 1 aromatic heterocycles. The molecule has 0 N–H and O–H groups in total. The van der Waals surface area contributed by atoms with E-state index in [2.05, 4.69) is 229 Å². The van der Waals surface area contributed by atoms with Gasteiger partial charge in [0, 0.05) is 27.7 Å². The summed E-state index contributed by atoms with van der Waals surface area (Å²) in [6, 6.07) is 85.5. The SMILES string of the molecule is c1cc(-c2ccccc2N(c2ccc(-c3cc4ccccc4c4ccccc34)cc2)c2ccc(-c3cccc4oc5ccccc5c34)cc2)cc(-c2cccc3ccccc23)c1. The van der Waals surface area contributed by atoms with Crippen molar-refractivity contribution in [1.29, 1.82) is 0 Å².